The number of Topliss-reactive ketones (excluding diaryl/α,β-unsaturated/α-hetero) is 1. The average Bonchev–Trinajstić information content (AvgIpc) is 3.03. The van der Waals surface area contributed by atoms with Crippen molar-refractivity contribution in [1.82, 2.24) is 4.98 Å². The molecule has 0 bridgehead atoms. The van der Waals surface area contributed by atoms with Crippen LogP contribution in [0.5, 0.6) is 5.75 Å². The summed E-state index contributed by atoms with van der Waals surface area (Å²) in [4.78, 5) is 38.9. The van der Waals surface area contributed by atoms with Crippen molar-refractivity contribution in [3.8, 4) is 5.75 Å². The first-order valence-corrected chi connectivity index (χ1v) is 12.5. The Kier molecular flexibility index (Phi) is 6.68. The summed E-state index contributed by atoms with van der Waals surface area (Å²) in [6.07, 6.45) is 4.92. The summed E-state index contributed by atoms with van der Waals surface area (Å²) in [5.41, 5.74) is 4.24. The number of anilines is 1. The molecule has 2 aliphatic rings. The molecule has 1 fully saturated rings. The fourth-order valence-electron chi connectivity index (χ4n) is 5.44. The van der Waals surface area contributed by atoms with Gasteiger partial charge >= 0.3 is 0 Å². The minimum absolute atomic E-state index is 0.00664. The summed E-state index contributed by atoms with van der Waals surface area (Å²) in [7, 11) is 1.65. The number of aliphatic imine (C=N–C) groups is 1. The number of fused-ring (bicyclic) bond motifs is 2. The first kappa shape index (κ1) is 23.9. The van der Waals surface area contributed by atoms with Crippen LogP contribution < -0.4 is 9.64 Å². The van der Waals surface area contributed by atoms with E-state index >= 15 is 0 Å². The van der Waals surface area contributed by atoms with Gasteiger partial charge in [-0.2, -0.15) is 0 Å². The van der Waals surface area contributed by atoms with Crippen molar-refractivity contribution in [3.63, 3.8) is 0 Å². The van der Waals surface area contributed by atoms with Gasteiger partial charge in [0.25, 0.3) is 0 Å². The number of carbonyl (C=O) groups excluding carboxylic acids is 2. The molecule has 1 saturated carbocycles. The molecule has 184 valence electrons. The van der Waals surface area contributed by atoms with E-state index in [1.54, 1.807) is 19.5 Å². The molecule has 1 aliphatic carbocycles. The molecule has 0 N–H and O–H groups in total. The molecular weight excluding hydrogens is 450 g/mol. The molecule has 3 atom stereocenters. The number of aromatic nitrogens is 1. The SMILES string of the molecule is COc1ccc(C2CC(=O)C3C(=Nc4ccccc4N(C(=O)CC(C)C)C3c3cccnc3)C2)cc1. The van der Waals surface area contributed by atoms with E-state index in [9.17, 15) is 9.59 Å². The molecule has 0 radical (unpaired) electrons. The van der Waals surface area contributed by atoms with Crippen molar-refractivity contribution in [1.29, 1.82) is 0 Å². The molecule has 6 nitrogen and oxygen atoms in total. The van der Waals surface area contributed by atoms with Crippen LogP contribution in [0.15, 0.2) is 78.0 Å². The van der Waals surface area contributed by atoms with Crippen molar-refractivity contribution in [2.75, 3.05) is 12.0 Å². The van der Waals surface area contributed by atoms with Crippen molar-refractivity contribution in [2.45, 2.75) is 45.1 Å². The molecule has 2 aromatic carbocycles. The van der Waals surface area contributed by atoms with Crippen LogP contribution in [-0.2, 0) is 9.59 Å². The zero-order valence-electron chi connectivity index (χ0n) is 20.9. The highest BCUT2D eigenvalue weighted by Crippen LogP contribution is 2.47. The third kappa shape index (κ3) is 4.55. The number of ketones is 1. The largest absolute Gasteiger partial charge is 0.497 e. The van der Waals surface area contributed by atoms with Gasteiger partial charge in [-0.3, -0.25) is 19.6 Å². The lowest BCUT2D eigenvalue weighted by Crippen LogP contribution is -2.45. The summed E-state index contributed by atoms with van der Waals surface area (Å²) < 4.78 is 5.31. The fraction of sp³-hybridized carbons (Fsp3) is 0.333. The minimum atomic E-state index is -0.521. The zero-order chi connectivity index (χ0) is 25.2. The Morgan fingerprint density at radius 2 is 1.81 bits per heavy atom. The van der Waals surface area contributed by atoms with Crippen LogP contribution in [0.3, 0.4) is 0 Å². The van der Waals surface area contributed by atoms with E-state index in [2.05, 4.69) is 4.98 Å². The molecule has 0 saturated heterocycles. The molecule has 2 heterocycles. The number of nitrogens with zero attached hydrogens (tertiary/aromatic N) is 3. The van der Waals surface area contributed by atoms with Crippen molar-refractivity contribution >= 4 is 28.8 Å². The van der Waals surface area contributed by atoms with E-state index in [4.69, 9.17) is 9.73 Å². The fourth-order valence-corrected chi connectivity index (χ4v) is 5.44. The number of amides is 1. The number of benzene rings is 2. The first-order valence-electron chi connectivity index (χ1n) is 12.5. The molecule has 36 heavy (non-hydrogen) atoms. The van der Waals surface area contributed by atoms with Crippen LogP contribution in [0.1, 0.15) is 56.2 Å². The Hall–Kier alpha value is -3.80. The highest BCUT2D eigenvalue weighted by atomic mass is 16.5. The van der Waals surface area contributed by atoms with Crippen molar-refractivity contribution in [2.24, 2.45) is 16.8 Å². The minimum Gasteiger partial charge on any atom is -0.497 e. The Morgan fingerprint density at radius 3 is 2.50 bits per heavy atom. The number of carbonyl (C=O) groups is 2. The summed E-state index contributed by atoms with van der Waals surface area (Å²) in [6, 6.07) is 19.0. The second kappa shape index (κ2) is 10.1. The quantitative estimate of drug-likeness (QED) is 0.444. The van der Waals surface area contributed by atoms with Gasteiger partial charge in [0.1, 0.15) is 11.5 Å². The molecule has 6 heteroatoms. The summed E-state index contributed by atoms with van der Waals surface area (Å²) >= 11 is 0. The predicted molar refractivity (Wildman–Crippen MR) is 141 cm³/mol. The van der Waals surface area contributed by atoms with E-state index < -0.39 is 12.0 Å². The van der Waals surface area contributed by atoms with Crippen LogP contribution in [0.4, 0.5) is 11.4 Å². The van der Waals surface area contributed by atoms with Crippen LogP contribution in [0, 0.1) is 11.8 Å². The maximum absolute atomic E-state index is 13.9. The molecule has 5 rings (SSSR count). The third-order valence-electron chi connectivity index (χ3n) is 7.07. The van der Waals surface area contributed by atoms with E-state index in [1.807, 2.05) is 79.4 Å². The molecule has 1 aromatic heterocycles. The maximum atomic E-state index is 13.9. The average molecular weight is 482 g/mol. The van der Waals surface area contributed by atoms with Gasteiger partial charge in [-0.15, -0.1) is 0 Å². The number of hydrogen-bond acceptors (Lipinski definition) is 5. The highest BCUT2D eigenvalue weighted by Gasteiger charge is 2.46. The Bertz CT molecular complexity index is 1280. The van der Waals surface area contributed by atoms with Gasteiger partial charge in [0.05, 0.1) is 30.4 Å². The lowest BCUT2D eigenvalue weighted by Gasteiger charge is -2.39. The zero-order valence-corrected chi connectivity index (χ0v) is 20.9. The number of hydrogen-bond donors (Lipinski definition) is 0. The van der Waals surface area contributed by atoms with Crippen molar-refractivity contribution in [3.05, 3.63) is 84.2 Å². The number of pyridine rings is 1. The number of ether oxygens (including phenoxy) is 1. The van der Waals surface area contributed by atoms with E-state index in [1.165, 1.54) is 0 Å². The van der Waals surface area contributed by atoms with Gasteiger partial charge < -0.3 is 9.64 Å². The Balaban J connectivity index is 1.63. The second-order valence-corrected chi connectivity index (χ2v) is 10.0. The normalized spacial score (nSPS) is 21.3. The van der Waals surface area contributed by atoms with Gasteiger partial charge in [0.15, 0.2) is 0 Å². The van der Waals surface area contributed by atoms with E-state index in [-0.39, 0.29) is 23.5 Å². The van der Waals surface area contributed by atoms with E-state index in [0.29, 0.717) is 19.3 Å². The number of rotatable bonds is 5. The molecule has 1 amide bonds. The monoisotopic (exact) mass is 481 g/mol. The van der Waals surface area contributed by atoms with Gasteiger partial charge in [-0.25, -0.2) is 0 Å². The standard InChI is InChI=1S/C30H31N3O3/c1-19(2)15-28(35)33-26-9-5-4-8-24(26)32-25-16-22(20-10-12-23(36-3)13-11-20)17-27(34)29(25)30(33)21-7-6-14-31-18-21/h4-14,18-19,22,29-30H,15-17H2,1-3H3. The molecule has 3 unspecified atom stereocenters. The predicted octanol–water partition coefficient (Wildman–Crippen LogP) is 6.06. The van der Waals surface area contributed by atoms with Crippen molar-refractivity contribution < 1.29 is 14.3 Å². The smallest absolute Gasteiger partial charge is 0.227 e. The van der Waals surface area contributed by atoms with Gasteiger partial charge in [0, 0.05) is 30.9 Å². The Morgan fingerprint density at radius 1 is 1.03 bits per heavy atom. The molecular formula is C30H31N3O3. The topological polar surface area (TPSA) is 71.9 Å². The van der Waals surface area contributed by atoms with Crippen LogP contribution in [0.25, 0.3) is 0 Å². The van der Waals surface area contributed by atoms with Crippen LogP contribution in [-0.4, -0.2) is 29.5 Å². The Labute approximate surface area is 212 Å². The third-order valence-corrected chi connectivity index (χ3v) is 7.07. The molecule has 3 aromatic rings. The van der Waals surface area contributed by atoms with Gasteiger partial charge in [0.2, 0.25) is 5.91 Å². The highest BCUT2D eigenvalue weighted by molar-refractivity contribution is 6.13. The number of methoxy groups -OCH3 is 1. The molecule has 0 spiro atoms. The summed E-state index contributed by atoms with van der Waals surface area (Å²) in [6.45, 7) is 4.07. The lowest BCUT2D eigenvalue weighted by molar-refractivity contribution is -0.123. The number of para-hydroxylation sites is 2. The summed E-state index contributed by atoms with van der Waals surface area (Å²) in [5, 5.41) is 0. The maximum Gasteiger partial charge on any atom is 0.227 e. The first-order chi connectivity index (χ1) is 17.5. The van der Waals surface area contributed by atoms with Gasteiger partial charge in [-0.05, 0) is 59.7 Å². The molecule has 1 aliphatic heterocycles. The second-order valence-electron chi connectivity index (χ2n) is 10.0. The van der Waals surface area contributed by atoms with E-state index in [0.717, 1.165) is 34.0 Å². The van der Waals surface area contributed by atoms with Gasteiger partial charge in [-0.1, -0.05) is 44.2 Å². The van der Waals surface area contributed by atoms with Crippen LogP contribution >= 0.6 is 0 Å². The van der Waals surface area contributed by atoms with Crippen LogP contribution in [0.2, 0.25) is 0 Å². The summed E-state index contributed by atoms with van der Waals surface area (Å²) in [5.74, 6) is 0.572. The lowest BCUT2D eigenvalue weighted by atomic mass is 9.72.